The third-order valence-electron chi connectivity index (χ3n) is 5.79. The second kappa shape index (κ2) is 9.67. The number of nitrogens with one attached hydrogen (secondary N) is 2. The minimum Gasteiger partial charge on any atom is -0.495 e. The van der Waals surface area contributed by atoms with Gasteiger partial charge in [-0.2, -0.15) is 4.39 Å². The zero-order valence-electron chi connectivity index (χ0n) is 19.0. The zero-order chi connectivity index (χ0) is 24.5. The number of hydrogen-bond donors (Lipinski definition) is 2. The van der Waals surface area contributed by atoms with Crippen LogP contribution in [0.4, 0.5) is 15.2 Å². The first kappa shape index (κ1) is 24.1. The summed E-state index contributed by atoms with van der Waals surface area (Å²) in [6.07, 6.45) is 5.03. The van der Waals surface area contributed by atoms with Crippen LogP contribution in [-0.4, -0.2) is 31.4 Å². The summed E-state index contributed by atoms with van der Waals surface area (Å²) >= 11 is 1.29. The minimum absolute atomic E-state index is 0.0147. The highest BCUT2D eigenvalue weighted by atomic mass is 32.2. The molecule has 8 nitrogen and oxygen atoms in total. The van der Waals surface area contributed by atoms with E-state index < -0.39 is 16.0 Å². The molecule has 0 bridgehead atoms. The van der Waals surface area contributed by atoms with E-state index in [1.54, 1.807) is 26.0 Å². The number of thiazole rings is 1. The molecule has 1 aliphatic carbocycles. The van der Waals surface area contributed by atoms with Crippen molar-refractivity contribution in [2.24, 2.45) is 5.92 Å². The van der Waals surface area contributed by atoms with Gasteiger partial charge in [0.1, 0.15) is 10.6 Å². The molecule has 0 aliphatic heterocycles. The largest absolute Gasteiger partial charge is 0.495 e. The van der Waals surface area contributed by atoms with Crippen LogP contribution >= 0.6 is 11.3 Å². The van der Waals surface area contributed by atoms with Crippen molar-refractivity contribution >= 4 is 38.1 Å². The molecular weight excluding hydrogens is 479 g/mol. The van der Waals surface area contributed by atoms with Crippen molar-refractivity contribution in [3.63, 3.8) is 0 Å². The summed E-state index contributed by atoms with van der Waals surface area (Å²) < 4.78 is 47.5. The van der Waals surface area contributed by atoms with Gasteiger partial charge in [0.15, 0.2) is 5.13 Å². The van der Waals surface area contributed by atoms with Crippen molar-refractivity contribution < 1.29 is 22.3 Å². The Hall–Kier alpha value is -3.05. The molecule has 11 heteroatoms. The van der Waals surface area contributed by atoms with Gasteiger partial charge in [0, 0.05) is 5.92 Å². The number of nitrogens with zero attached hydrogens (tertiary/aromatic N) is 2. The number of ether oxygens (including phenoxy) is 1. The molecule has 1 saturated carbocycles. The Morgan fingerprint density at radius 3 is 2.62 bits per heavy atom. The summed E-state index contributed by atoms with van der Waals surface area (Å²) in [6.45, 7) is 3.39. The number of carbonyl (C=O) groups is 1. The van der Waals surface area contributed by atoms with Crippen LogP contribution in [0.5, 0.6) is 5.75 Å². The van der Waals surface area contributed by atoms with Gasteiger partial charge in [-0.25, -0.2) is 18.4 Å². The van der Waals surface area contributed by atoms with Gasteiger partial charge in [-0.1, -0.05) is 24.2 Å². The fourth-order valence-corrected chi connectivity index (χ4v) is 6.25. The molecular formula is C23H25FN4O4S2. The zero-order valence-corrected chi connectivity index (χ0v) is 20.6. The van der Waals surface area contributed by atoms with Gasteiger partial charge in [0.25, 0.3) is 10.0 Å². The topological polar surface area (TPSA) is 110 Å². The highest BCUT2D eigenvalue weighted by Crippen LogP contribution is 2.37. The third kappa shape index (κ3) is 5.05. The van der Waals surface area contributed by atoms with E-state index in [0.29, 0.717) is 22.0 Å². The number of rotatable bonds is 7. The molecule has 2 N–H and O–H groups in total. The number of benzene rings is 1. The molecule has 2 heterocycles. The first-order valence-corrected chi connectivity index (χ1v) is 13.1. The van der Waals surface area contributed by atoms with Gasteiger partial charge in [0.05, 0.1) is 29.6 Å². The quantitative estimate of drug-likeness (QED) is 0.443. The summed E-state index contributed by atoms with van der Waals surface area (Å²) in [7, 11) is -2.70. The number of pyridine rings is 1. The first-order chi connectivity index (χ1) is 16.2. The number of carbonyl (C=O) groups excluding carboxylic acids is 1. The van der Waals surface area contributed by atoms with Crippen molar-refractivity contribution in [3.8, 4) is 16.2 Å². The molecule has 0 unspecified atom stereocenters. The number of hydrogen-bond acceptors (Lipinski definition) is 7. The Balaban J connectivity index is 1.65. The van der Waals surface area contributed by atoms with Gasteiger partial charge in [-0.05, 0) is 62.1 Å². The Kier molecular flexibility index (Phi) is 6.85. The van der Waals surface area contributed by atoms with Gasteiger partial charge in [0.2, 0.25) is 11.9 Å². The third-order valence-corrected chi connectivity index (χ3v) is 8.30. The average molecular weight is 505 g/mol. The molecule has 0 saturated heterocycles. The summed E-state index contributed by atoms with van der Waals surface area (Å²) in [6, 6.07) is 5.95. The van der Waals surface area contributed by atoms with Gasteiger partial charge >= 0.3 is 0 Å². The highest BCUT2D eigenvalue weighted by molar-refractivity contribution is 7.92. The average Bonchev–Trinajstić information content (AvgIpc) is 3.45. The SMILES string of the molecule is COc1ccc(-c2sc(NC(=O)C3CCCC3)nc2C)cc1S(=O)(=O)Nc1cnc(F)cc1C. The maximum absolute atomic E-state index is 13.3. The van der Waals surface area contributed by atoms with Gasteiger partial charge in [-0.3, -0.25) is 9.52 Å². The lowest BCUT2D eigenvalue weighted by atomic mass is 10.1. The van der Waals surface area contributed by atoms with E-state index in [0.717, 1.165) is 42.8 Å². The summed E-state index contributed by atoms with van der Waals surface area (Å²) in [5.74, 6) is -0.554. The lowest BCUT2D eigenvalue weighted by Crippen LogP contribution is -2.20. The van der Waals surface area contributed by atoms with Crippen LogP contribution in [-0.2, 0) is 14.8 Å². The first-order valence-electron chi connectivity index (χ1n) is 10.8. The van der Waals surface area contributed by atoms with E-state index in [4.69, 9.17) is 4.74 Å². The van der Waals surface area contributed by atoms with Crippen LogP contribution < -0.4 is 14.8 Å². The van der Waals surface area contributed by atoms with E-state index in [-0.39, 0.29) is 28.2 Å². The number of sulfonamides is 1. The van der Waals surface area contributed by atoms with Crippen molar-refractivity contribution in [2.75, 3.05) is 17.1 Å². The Labute approximate surface area is 201 Å². The Morgan fingerprint density at radius 1 is 1.21 bits per heavy atom. The molecule has 0 radical (unpaired) electrons. The maximum atomic E-state index is 13.3. The second-order valence-electron chi connectivity index (χ2n) is 8.20. The lowest BCUT2D eigenvalue weighted by Gasteiger charge is -2.14. The highest BCUT2D eigenvalue weighted by Gasteiger charge is 2.25. The lowest BCUT2D eigenvalue weighted by molar-refractivity contribution is -0.119. The number of aromatic nitrogens is 2. The molecule has 34 heavy (non-hydrogen) atoms. The van der Waals surface area contributed by atoms with Crippen LogP contribution in [0.3, 0.4) is 0 Å². The van der Waals surface area contributed by atoms with E-state index in [9.17, 15) is 17.6 Å². The maximum Gasteiger partial charge on any atom is 0.265 e. The van der Waals surface area contributed by atoms with Crippen LogP contribution in [0, 0.1) is 25.7 Å². The Morgan fingerprint density at radius 2 is 1.94 bits per heavy atom. The number of halogens is 1. The Bertz CT molecular complexity index is 1330. The van der Waals surface area contributed by atoms with Crippen molar-refractivity contribution in [1.29, 1.82) is 0 Å². The standard InChI is InChI=1S/C23H25FN4O4S2/c1-13-10-20(24)25-12-17(13)28-34(30,31)19-11-16(8-9-18(19)32-3)21-14(2)26-23(33-21)27-22(29)15-6-4-5-7-15/h8-12,15,28H,4-7H2,1-3H3,(H,26,27,29). The second-order valence-corrected chi connectivity index (χ2v) is 10.8. The fraction of sp³-hybridized carbons (Fsp3) is 0.348. The van der Waals surface area contributed by atoms with Crippen molar-refractivity contribution in [2.45, 2.75) is 44.4 Å². The van der Waals surface area contributed by atoms with Crippen molar-refractivity contribution in [3.05, 3.63) is 47.7 Å². The molecule has 180 valence electrons. The van der Waals surface area contributed by atoms with E-state index in [1.165, 1.54) is 24.5 Å². The molecule has 1 amide bonds. The molecule has 4 rings (SSSR count). The van der Waals surface area contributed by atoms with Crippen LogP contribution in [0.1, 0.15) is 36.9 Å². The van der Waals surface area contributed by atoms with Gasteiger partial charge < -0.3 is 10.1 Å². The molecule has 0 atom stereocenters. The predicted octanol–water partition coefficient (Wildman–Crippen LogP) is 4.90. The molecule has 3 aromatic rings. The summed E-state index contributed by atoms with van der Waals surface area (Å²) in [5.41, 5.74) is 1.85. The number of methoxy groups -OCH3 is 1. The fourth-order valence-electron chi connectivity index (χ4n) is 3.97. The van der Waals surface area contributed by atoms with Crippen molar-refractivity contribution in [1.82, 2.24) is 9.97 Å². The predicted molar refractivity (Wildman–Crippen MR) is 129 cm³/mol. The smallest absolute Gasteiger partial charge is 0.265 e. The normalized spacial score (nSPS) is 14.2. The monoisotopic (exact) mass is 504 g/mol. The molecule has 0 spiro atoms. The van der Waals surface area contributed by atoms with Crippen LogP contribution in [0.25, 0.3) is 10.4 Å². The number of anilines is 2. The molecule has 1 aromatic carbocycles. The van der Waals surface area contributed by atoms with E-state index >= 15 is 0 Å². The van der Waals surface area contributed by atoms with Crippen LogP contribution in [0.15, 0.2) is 35.4 Å². The molecule has 1 aliphatic rings. The number of aryl methyl sites for hydroxylation is 2. The molecule has 1 fully saturated rings. The summed E-state index contributed by atoms with van der Waals surface area (Å²) in [4.78, 5) is 21.1. The van der Waals surface area contributed by atoms with E-state index in [1.807, 2.05) is 0 Å². The van der Waals surface area contributed by atoms with E-state index in [2.05, 4.69) is 20.0 Å². The number of amides is 1. The summed E-state index contributed by atoms with van der Waals surface area (Å²) in [5, 5.41) is 3.38. The van der Waals surface area contributed by atoms with Gasteiger partial charge in [-0.15, -0.1) is 0 Å². The van der Waals surface area contributed by atoms with Crippen LogP contribution in [0.2, 0.25) is 0 Å². The molecule has 2 aromatic heterocycles. The minimum atomic E-state index is -4.08.